The van der Waals surface area contributed by atoms with Gasteiger partial charge in [0, 0.05) is 17.9 Å². The van der Waals surface area contributed by atoms with E-state index < -0.39 is 0 Å². The molecular weight excluding hydrogens is 318 g/mol. The maximum atomic E-state index is 11.6. The van der Waals surface area contributed by atoms with Crippen molar-refractivity contribution in [2.45, 2.75) is 25.8 Å². The molecule has 3 rings (SSSR count). The predicted molar refractivity (Wildman–Crippen MR) is 81.1 cm³/mol. The van der Waals surface area contributed by atoms with Crippen molar-refractivity contribution in [3.8, 4) is 11.3 Å². The summed E-state index contributed by atoms with van der Waals surface area (Å²) in [7, 11) is 0. The molecule has 1 fully saturated rings. The summed E-state index contributed by atoms with van der Waals surface area (Å²) in [4.78, 5) is 21.3. The zero-order valence-corrected chi connectivity index (χ0v) is 12.9. The summed E-state index contributed by atoms with van der Waals surface area (Å²) in [5.74, 6) is 1.00. The fourth-order valence-electron chi connectivity index (χ4n) is 2.71. The molecule has 1 N–H and O–H groups in total. The van der Waals surface area contributed by atoms with Crippen molar-refractivity contribution in [1.29, 1.82) is 0 Å². The summed E-state index contributed by atoms with van der Waals surface area (Å²) in [6, 6.07) is 8.19. The molecule has 4 nitrogen and oxygen atoms in total. The molecule has 1 amide bonds. The summed E-state index contributed by atoms with van der Waals surface area (Å²) in [5.41, 5.74) is 2.09. The van der Waals surface area contributed by atoms with Gasteiger partial charge in [-0.3, -0.25) is 4.79 Å². The molecule has 2 heterocycles. The molecule has 0 bridgehead atoms. The number of carbonyl (C=O) groups is 1. The second-order valence-electron chi connectivity index (χ2n) is 5.06. The van der Waals surface area contributed by atoms with Crippen LogP contribution >= 0.6 is 15.9 Å². The SMILES string of the molecule is CC(=O)N1CCCC1c1ncc(-c2ccc(Br)cc2)[nH]1. The molecule has 1 saturated heterocycles. The van der Waals surface area contributed by atoms with Gasteiger partial charge in [-0.2, -0.15) is 0 Å². The monoisotopic (exact) mass is 333 g/mol. The Morgan fingerprint density at radius 3 is 2.85 bits per heavy atom. The summed E-state index contributed by atoms with van der Waals surface area (Å²) in [6.07, 6.45) is 3.86. The van der Waals surface area contributed by atoms with E-state index in [1.807, 2.05) is 35.4 Å². The number of carbonyl (C=O) groups excluding carboxylic acids is 1. The molecule has 0 radical (unpaired) electrons. The van der Waals surface area contributed by atoms with Gasteiger partial charge in [-0.1, -0.05) is 28.1 Å². The van der Waals surface area contributed by atoms with Gasteiger partial charge in [-0.15, -0.1) is 0 Å². The van der Waals surface area contributed by atoms with Crippen LogP contribution in [0, 0.1) is 0 Å². The van der Waals surface area contributed by atoms with Crippen LogP contribution in [-0.2, 0) is 4.79 Å². The van der Waals surface area contributed by atoms with Crippen LogP contribution in [0.1, 0.15) is 31.6 Å². The Hall–Kier alpha value is -1.62. The number of H-pyrrole nitrogens is 1. The van der Waals surface area contributed by atoms with E-state index in [0.717, 1.165) is 40.9 Å². The van der Waals surface area contributed by atoms with Crippen molar-refractivity contribution in [2.24, 2.45) is 0 Å². The number of likely N-dealkylation sites (tertiary alicyclic amines) is 1. The molecule has 2 aromatic rings. The molecule has 0 saturated carbocycles. The highest BCUT2D eigenvalue weighted by Crippen LogP contribution is 2.31. The minimum Gasteiger partial charge on any atom is -0.340 e. The third-order valence-corrected chi connectivity index (χ3v) is 4.25. The van der Waals surface area contributed by atoms with Gasteiger partial charge < -0.3 is 9.88 Å². The molecule has 5 heteroatoms. The first kappa shape index (κ1) is 13.4. The molecule has 0 aliphatic carbocycles. The van der Waals surface area contributed by atoms with E-state index in [-0.39, 0.29) is 11.9 Å². The van der Waals surface area contributed by atoms with E-state index in [4.69, 9.17) is 0 Å². The van der Waals surface area contributed by atoms with E-state index in [0.29, 0.717) is 0 Å². The van der Waals surface area contributed by atoms with Crippen LogP contribution < -0.4 is 0 Å². The van der Waals surface area contributed by atoms with Crippen molar-refractivity contribution in [3.63, 3.8) is 0 Å². The van der Waals surface area contributed by atoms with E-state index in [2.05, 4.69) is 25.9 Å². The Balaban J connectivity index is 1.86. The topological polar surface area (TPSA) is 49.0 Å². The maximum absolute atomic E-state index is 11.6. The van der Waals surface area contributed by atoms with Crippen molar-refractivity contribution < 1.29 is 4.79 Å². The molecule has 1 atom stereocenters. The number of nitrogens with one attached hydrogen (secondary N) is 1. The van der Waals surface area contributed by atoms with Gasteiger partial charge in [0.05, 0.1) is 17.9 Å². The first-order chi connectivity index (χ1) is 9.65. The highest BCUT2D eigenvalue weighted by Gasteiger charge is 2.29. The quantitative estimate of drug-likeness (QED) is 0.913. The van der Waals surface area contributed by atoms with Gasteiger partial charge >= 0.3 is 0 Å². The number of benzene rings is 1. The average molecular weight is 334 g/mol. The lowest BCUT2D eigenvalue weighted by molar-refractivity contribution is -0.129. The van der Waals surface area contributed by atoms with Crippen molar-refractivity contribution in [1.82, 2.24) is 14.9 Å². The van der Waals surface area contributed by atoms with Crippen LogP contribution in [0.3, 0.4) is 0 Å². The Morgan fingerprint density at radius 1 is 1.40 bits per heavy atom. The van der Waals surface area contributed by atoms with Gasteiger partial charge in [0.25, 0.3) is 0 Å². The standard InChI is InChI=1S/C15H16BrN3O/c1-10(20)19-8-2-3-14(19)15-17-9-13(18-15)11-4-6-12(16)7-5-11/h4-7,9,14H,2-3,8H2,1H3,(H,17,18). The van der Waals surface area contributed by atoms with Crippen LogP contribution in [0.25, 0.3) is 11.3 Å². The van der Waals surface area contributed by atoms with Crippen LogP contribution in [0.2, 0.25) is 0 Å². The Kier molecular flexibility index (Phi) is 3.61. The lowest BCUT2D eigenvalue weighted by Gasteiger charge is -2.21. The molecule has 104 valence electrons. The van der Waals surface area contributed by atoms with Crippen molar-refractivity contribution in [3.05, 3.63) is 40.8 Å². The largest absolute Gasteiger partial charge is 0.340 e. The molecule has 1 aromatic heterocycles. The minimum absolute atomic E-state index is 0.0942. The maximum Gasteiger partial charge on any atom is 0.220 e. The van der Waals surface area contributed by atoms with Crippen molar-refractivity contribution >= 4 is 21.8 Å². The van der Waals surface area contributed by atoms with Gasteiger partial charge in [-0.05, 0) is 30.5 Å². The third-order valence-electron chi connectivity index (χ3n) is 3.72. The number of hydrogen-bond donors (Lipinski definition) is 1. The smallest absolute Gasteiger partial charge is 0.220 e. The van der Waals surface area contributed by atoms with Gasteiger partial charge in [0.15, 0.2) is 0 Å². The van der Waals surface area contributed by atoms with E-state index in [1.165, 1.54) is 0 Å². The number of halogens is 1. The second kappa shape index (κ2) is 5.40. The zero-order valence-electron chi connectivity index (χ0n) is 11.3. The van der Waals surface area contributed by atoms with Gasteiger partial charge in [-0.25, -0.2) is 4.98 Å². The minimum atomic E-state index is 0.0942. The number of aromatic amines is 1. The van der Waals surface area contributed by atoms with Crippen LogP contribution in [0.15, 0.2) is 34.9 Å². The molecule has 20 heavy (non-hydrogen) atoms. The summed E-state index contributed by atoms with van der Waals surface area (Å²) in [6.45, 7) is 2.45. The van der Waals surface area contributed by atoms with Crippen LogP contribution in [0.5, 0.6) is 0 Å². The van der Waals surface area contributed by atoms with Crippen molar-refractivity contribution in [2.75, 3.05) is 6.54 Å². The van der Waals surface area contributed by atoms with E-state index in [9.17, 15) is 4.79 Å². The highest BCUT2D eigenvalue weighted by atomic mass is 79.9. The summed E-state index contributed by atoms with van der Waals surface area (Å²) >= 11 is 3.43. The first-order valence-electron chi connectivity index (χ1n) is 6.73. The summed E-state index contributed by atoms with van der Waals surface area (Å²) in [5, 5.41) is 0. The highest BCUT2D eigenvalue weighted by molar-refractivity contribution is 9.10. The molecule has 1 aromatic carbocycles. The predicted octanol–water partition coefficient (Wildman–Crippen LogP) is 3.52. The Bertz CT molecular complexity index is 620. The van der Waals surface area contributed by atoms with E-state index in [1.54, 1.807) is 6.92 Å². The number of amides is 1. The van der Waals surface area contributed by atoms with E-state index >= 15 is 0 Å². The first-order valence-corrected chi connectivity index (χ1v) is 7.52. The third kappa shape index (κ3) is 2.50. The molecule has 1 unspecified atom stereocenters. The molecular formula is C15H16BrN3O. The lowest BCUT2D eigenvalue weighted by atomic mass is 10.2. The number of imidazole rings is 1. The van der Waals surface area contributed by atoms with Gasteiger partial charge in [0.1, 0.15) is 5.82 Å². The Labute approximate surface area is 126 Å². The number of rotatable bonds is 2. The molecule has 1 aliphatic rings. The number of hydrogen-bond acceptors (Lipinski definition) is 2. The second-order valence-corrected chi connectivity index (χ2v) is 5.98. The lowest BCUT2D eigenvalue weighted by Crippen LogP contribution is -2.28. The number of aromatic nitrogens is 2. The number of nitrogens with zero attached hydrogens (tertiary/aromatic N) is 2. The molecule has 0 spiro atoms. The Morgan fingerprint density at radius 2 is 2.15 bits per heavy atom. The normalized spacial score (nSPS) is 18.5. The fraction of sp³-hybridized carbons (Fsp3) is 0.333. The van der Waals surface area contributed by atoms with Crippen LogP contribution in [0.4, 0.5) is 0 Å². The average Bonchev–Trinajstić information content (AvgIpc) is 3.08. The van der Waals surface area contributed by atoms with Gasteiger partial charge in [0.2, 0.25) is 5.91 Å². The summed E-state index contributed by atoms with van der Waals surface area (Å²) < 4.78 is 1.06. The fourth-order valence-corrected chi connectivity index (χ4v) is 2.97. The zero-order chi connectivity index (χ0) is 14.1. The molecule has 1 aliphatic heterocycles. The van der Waals surface area contributed by atoms with Crippen LogP contribution in [-0.4, -0.2) is 27.3 Å².